The number of hydrogen-bond donors (Lipinski definition) is 6. The third-order valence-electron chi connectivity index (χ3n) is 15.9. The number of aromatic nitrogens is 2. The first-order valence-corrected chi connectivity index (χ1v) is 32.0. The van der Waals surface area contributed by atoms with Crippen molar-refractivity contribution in [2.45, 2.75) is 116 Å². The zero-order valence-corrected chi connectivity index (χ0v) is 53.6. The van der Waals surface area contributed by atoms with E-state index in [0.717, 1.165) is 22.1 Å². The summed E-state index contributed by atoms with van der Waals surface area (Å²) in [6.07, 6.45) is 3.84. The molecule has 4 atom stereocenters. The highest BCUT2D eigenvalue weighted by Crippen LogP contribution is 2.45. The van der Waals surface area contributed by atoms with Gasteiger partial charge in [-0.1, -0.05) is 39.5 Å². The molecule has 2 aromatic heterocycles. The topological polar surface area (TPSA) is 308 Å². The minimum Gasteiger partial charge on any atom is -0.460 e. The van der Waals surface area contributed by atoms with Gasteiger partial charge < -0.3 is 89.0 Å². The van der Waals surface area contributed by atoms with E-state index in [-0.39, 0.29) is 56.8 Å². The van der Waals surface area contributed by atoms with Gasteiger partial charge in [-0.05, 0) is 104 Å². The average Bonchev–Trinajstić information content (AvgIpc) is 1.48. The molecule has 0 saturated heterocycles. The van der Waals surface area contributed by atoms with Gasteiger partial charge in [0.1, 0.15) is 31.1 Å². The predicted octanol–water partition coefficient (Wildman–Crippen LogP) is 5.30. The SMILES string of the molecule is C=CNCCCC[C@H](NC(=O)[C@@H](NC(=O)CCOCCOCCOCCOCCOCCOCCOCCOCCOCCN)C(C)C)C(=O)Nc1ccc(COC(=O)N[C@H]2CCc3c(C)c(F)cc4nc5c(c2c34)Cn2c-5cc3c(c2=O)COC(=O)C3CC)cc1. The Morgan fingerprint density at radius 1 is 0.772 bits per heavy atom. The molecule has 7 rings (SSSR count). The summed E-state index contributed by atoms with van der Waals surface area (Å²) in [6.45, 7) is 19.4. The fourth-order valence-electron chi connectivity index (χ4n) is 11.1. The normalized spacial score (nSPS) is 15.3. The summed E-state index contributed by atoms with van der Waals surface area (Å²) >= 11 is 0. The van der Waals surface area contributed by atoms with Crippen molar-refractivity contribution in [1.29, 1.82) is 0 Å². The number of esters is 1. The van der Waals surface area contributed by atoms with Crippen molar-refractivity contribution in [1.82, 2.24) is 30.8 Å². The van der Waals surface area contributed by atoms with Crippen LogP contribution in [0.1, 0.15) is 110 Å². The average molecular weight is 1290 g/mol. The molecular weight excluding hydrogens is 1200 g/mol. The number of amides is 4. The highest BCUT2D eigenvalue weighted by Gasteiger charge is 2.38. The first-order chi connectivity index (χ1) is 44.7. The number of hydrogen-bond acceptors (Lipinski definition) is 20. The fourth-order valence-corrected chi connectivity index (χ4v) is 11.1. The second kappa shape index (κ2) is 38.9. The van der Waals surface area contributed by atoms with Gasteiger partial charge in [0.05, 0.1) is 160 Å². The molecule has 4 aromatic rings. The number of rotatable bonds is 45. The number of carbonyl (C=O) groups excluding carboxylic acids is 5. The van der Waals surface area contributed by atoms with Crippen molar-refractivity contribution >= 4 is 46.4 Å². The first kappa shape index (κ1) is 72.4. The lowest BCUT2D eigenvalue weighted by molar-refractivity contribution is -0.148. The van der Waals surface area contributed by atoms with E-state index in [1.165, 1.54) is 6.07 Å². The summed E-state index contributed by atoms with van der Waals surface area (Å²) in [7, 11) is 0. The van der Waals surface area contributed by atoms with Crippen LogP contribution in [-0.4, -0.2) is 183 Å². The smallest absolute Gasteiger partial charge is 0.407 e. The molecule has 0 fully saturated rings. The second-order valence-electron chi connectivity index (χ2n) is 22.7. The minimum absolute atomic E-state index is 0.00348. The number of aryl methyl sites for hydroxylation is 1. The van der Waals surface area contributed by atoms with E-state index in [0.29, 0.717) is 202 Å². The van der Waals surface area contributed by atoms with Crippen LogP contribution in [0.5, 0.6) is 0 Å². The van der Waals surface area contributed by atoms with Gasteiger partial charge in [0.15, 0.2) is 0 Å². The Bertz CT molecular complexity index is 3110. The lowest BCUT2D eigenvalue weighted by Crippen LogP contribution is -2.54. The number of cyclic esters (lactones) is 1. The van der Waals surface area contributed by atoms with Gasteiger partial charge in [-0.25, -0.2) is 14.2 Å². The molecule has 1 unspecified atom stereocenters. The largest absolute Gasteiger partial charge is 0.460 e. The number of ether oxygens (including phenoxy) is 11. The summed E-state index contributed by atoms with van der Waals surface area (Å²) in [4.78, 5) is 86.2. The molecule has 25 nitrogen and oxygen atoms in total. The molecule has 1 aliphatic carbocycles. The molecule has 4 heterocycles. The molecule has 0 spiro atoms. The Kier molecular flexibility index (Phi) is 30.6. The van der Waals surface area contributed by atoms with Crippen LogP contribution >= 0.6 is 0 Å². The third-order valence-corrected chi connectivity index (χ3v) is 15.9. The number of halogens is 1. The van der Waals surface area contributed by atoms with Crippen LogP contribution in [-0.2, 0) is 97.5 Å². The van der Waals surface area contributed by atoms with Crippen LogP contribution in [0, 0.1) is 18.7 Å². The number of alkyl carbamates (subject to hydrolysis) is 1. The zero-order valence-electron chi connectivity index (χ0n) is 53.6. The van der Waals surface area contributed by atoms with Crippen LogP contribution in [0.25, 0.3) is 22.3 Å². The highest BCUT2D eigenvalue weighted by atomic mass is 19.1. The number of pyridine rings is 2. The van der Waals surface area contributed by atoms with E-state index in [4.69, 9.17) is 62.8 Å². The van der Waals surface area contributed by atoms with Crippen molar-refractivity contribution in [3.8, 4) is 11.4 Å². The van der Waals surface area contributed by atoms with Crippen LogP contribution < -0.4 is 37.9 Å². The molecule has 3 aliphatic rings. The molecule has 2 aromatic carbocycles. The van der Waals surface area contributed by atoms with Gasteiger partial charge in [-0.15, -0.1) is 0 Å². The monoisotopic (exact) mass is 1290 g/mol. The quantitative estimate of drug-likeness (QED) is 0.0213. The molecule has 2 aliphatic heterocycles. The molecule has 0 radical (unpaired) electrons. The number of carbonyl (C=O) groups is 5. The predicted molar refractivity (Wildman–Crippen MR) is 339 cm³/mol. The van der Waals surface area contributed by atoms with Crippen molar-refractivity contribution in [2.24, 2.45) is 11.7 Å². The van der Waals surface area contributed by atoms with Crippen molar-refractivity contribution in [3.05, 3.63) is 104 Å². The Morgan fingerprint density at radius 2 is 1.36 bits per heavy atom. The van der Waals surface area contributed by atoms with E-state index in [1.54, 1.807) is 55.8 Å². The molecule has 506 valence electrons. The second-order valence-corrected chi connectivity index (χ2v) is 22.7. The van der Waals surface area contributed by atoms with Crippen molar-refractivity contribution in [2.75, 3.05) is 137 Å². The van der Waals surface area contributed by atoms with Crippen LogP contribution in [0.15, 0.2) is 54.0 Å². The number of unbranched alkanes of at least 4 members (excludes halogenated alkanes) is 1. The lowest BCUT2D eigenvalue weighted by atomic mass is 9.81. The van der Waals surface area contributed by atoms with Crippen LogP contribution in [0.4, 0.5) is 14.9 Å². The lowest BCUT2D eigenvalue weighted by Gasteiger charge is -2.29. The summed E-state index contributed by atoms with van der Waals surface area (Å²) in [5, 5.41) is 15.4. The summed E-state index contributed by atoms with van der Waals surface area (Å²) in [6, 6.07) is 7.54. The van der Waals surface area contributed by atoms with Gasteiger partial charge in [0.2, 0.25) is 17.7 Å². The zero-order chi connectivity index (χ0) is 65.6. The van der Waals surface area contributed by atoms with Crippen molar-refractivity contribution in [3.63, 3.8) is 0 Å². The van der Waals surface area contributed by atoms with Crippen LogP contribution in [0.3, 0.4) is 0 Å². The highest BCUT2D eigenvalue weighted by molar-refractivity contribution is 5.98. The number of benzene rings is 2. The molecular formula is C66H93FN8O17. The Hall–Kier alpha value is -6.98. The van der Waals surface area contributed by atoms with Gasteiger partial charge in [-0.2, -0.15) is 0 Å². The Balaban J connectivity index is 0.789. The third kappa shape index (κ3) is 21.5. The van der Waals surface area contributed by atoms with Gasteiger partial charge in [-0.3, -0.25) is 24.0 Å². The number of anilines is 1. The first-order valence-electron chi connectivity index (χ1n) is 32.0. The molecule has 4 amide bonds. The maximum Gasteiger partial charge on any atom is 0.407 e. The summed E-state index contributed by atoms with van der Waals surface area (Å²) in [5.74, 6) is -3.05. The van der Waals surface area contributed by atoms with E-state index in [1.807, 2.05) is 13.0 Å². The van der Waals surface area contributed by atoms with E-state index in [2.05, 4.69) is 33.2 Å². The van der Waals surface area contributed by atoms with E-state index in [9.17, 15) is 28.8 Å². The standard InChI is InChI=1S/C66H93FN8O17/c1-6-47-49-38-56-61-50(40-75(56)64(79)51(49)42-91-65(47)80)59-53(16-15-48-44(5)52(67)39-55(71-61)58(48)59)73-66(81)92-41-45-11-13-46(14-12-45)70-62(77)54(10-8-9-19-69-7-2)72-63(78)60(43(3)4)74-57(76)17-20-82-22-24-84-26-28-86-30-32-88-34-36-90-37-35-89-33-31-87-29-27-85-25-23-83-21-18-68/h7,11-14,38-39,43,47,53-54,60,69H,2,6,8-10,15-37,40-42,68H2,1,3-5H3,(H,70,77)(H,72,78)(H,73,81)(H,74,76)/t47?,53-,54-,60-/m0/s1. The molecule has 0 bridgehead atoms. The van der Waals surface area contributed by atoms with Crippen LogP contribution in [0.2, 0.25) is 0 Å². The fraction of sp³-hybridized carbons (Fsp3) is 0.591. The van der Waals surface area contributed by atoms with Gasteiger partial charge in [0, 0.05) is 42.2 Å². The number of fused-ring (bicyclic) bond motifs is 5. The number of nitrogens with two attached hydrogens (primary N) is 1. The van der Waals surface area contributed by atoms with E-state index >= 15 is 4.39 Å². The number of nitrogens with one attached hydrogen (secondary N) is 5. The van der Waals surface area contributed by atoms with Gasteiger partial charge in [0.25, 0.3) is 5.56 Å². The Labute approximate surface area is 536 Å². The summed E-state index contributed by atoms with van der Waals surface area (Å²) < 4.78 is 77.6. The molecule has 7 N–H and O–H groups in total. The molecule has 26 heteroatoms. The van der Waals surface area contributed by atoms with E-state index < -0.39 is 53.7 Å². The minimum atomic E-state index is -0.944. The maximum atomic E-state index is 15.5. The Morgan fingerprint density at radius 3 is 1.92 bits per heavy atom. The molecule has 0 saturated carbocycles. The molecule has 92 heavy (non-hydrogen) atoms. The summed E-state index contributed by atoms with van der Waals surface area (Å²) in [5.41, 5.74) is 11.4. The maximum absolute atomic E-state index is 15.5. The number of nitrogens with zero attached hydrogens (tertiary/aromatic N) is 2. The van der Waals surface area contributed by atoms with Crippen molar-refractivity contribution < 1.29 is 80.5 Å². The van der Waals surface area contributed by atoms with Gasteiger partial charge >= 0.3 is 12.1 Å².